The summed E-state index contributed by atoms with van der Waals surface area (Å²) in [6.07, 6.45) is 0.935. The zero-order valence-corrected chi connectivity index (χ0v) is 16.0. The van der Waals surface area contributed by atoms with Crippen LogP contribution in [0.5, 0.6) is 0 Å². The van der Waals surface area contributed by atoms with Crippen LogP contribution in [0.15, 0.2) is 28.7 Å². The summed E-state index contributed by atoms with van der Waals surface area (Å²) in [5.41, 5.74) is 0.709. The molecule has 2 rings (SSSR count). The number of hydrogen-bond acceptors (Lipinski definition) is 5. The first-order valence-corrected chi connectivity index (χ1v) is 8.85. The van der Waals surface area contributed by atoms with Gasteiger partial charge in [0.25, 0.3) is 0 Å². The summed E-state index contributed by atoms with van der Waals surface area (Å²) >= 11 is 6.17. The maximum atomic E-state index is 12.3. The summed E-state index contributed by atoms with van der Waals surface area (Å²) < 4.78 is 5.74. The first-order chi connectivity index (χ1) is 11.9. The van der Waals surface area contributed by atoms with E-state index in [0.29, 0.717) is 35.5 Å². The molecule has 0 saturated carbocycles. The number of benzene rings is 1. The molecule has 136 valence electrons. The fourth-order valence-electron chi connectivity index (χ4n) is 2.37. The molecule has 6 nitrogen and oxygen atoms in total. The highest BCUT2D eigenvalue weighted by Gasteiger charge is 2.19. The Kier molecular flexibility index (Phi) is 6.96. The first-order valence-electron chi connectivity index (χ1n) is 8.47. The van der Waals surface area contributed by atoms with Crippen molar-refractivity contribution in [2.75, 3.05) is 20.1 Å². The fraction of sp³-hybridized carbons (Fsp3) is 0.500. The Morgan fingerprint density at radius 3 is 2.64 bits per heavy atom. The highest BCUT2D eigenvalue weighted by Crippen LogP contribution is 2.26. The average Bonchev–Trinajstić information content (AvgIpc) is 3.02. The average molecular weight is 365 g/mol. The molecule has 1 amide bonds. The molecule has 0 aliphatic carbocycles. The van der Waals surface area contributed by atoms with E-state index in [1.54, 1.807) is 11.0 Å². The highest BCUT2D eigenvalue weighted by atomic mass is 35.5. The van der Waals surface area contributed by atoms with Gasteiger partial charge in [-0.05, 0) is 38.9 Å². The monoisotopic (exact) mass is 364 g/mol. The van der Waals surface area contributed by atoms with Gasteiger partial charge in [0.15, 0.2) is 0 Å². The van der Waals surface area contributed by atoms with E-state index in [4.69, 9.17) is 16.0 Å². The van der Waals surface area contributed by atoms with Crippen LogP contribution in [-0.2, 0) is 11.3 Å². The molecule has 1 aromatic carbocycles. The van der Waals surface area contributed by atoms with Crippen molar-refractivity contribution in [2.24, 2.45) is 0 Å². The maximum absolute atomic E-state index is 12.3. The number of rotatable bonds is 8. The van der Waals surface area contributed by atoms with Crippen molar-refractivity contribution in [3.8, 4) is 11.5 Å². The second kappa shape index (κ2) is 8.97. The van der Waals surface area contributed by atoms with Crippen LogP contribution in [0, 0.1) is 0 Å². The highest BCUT2D eigenvalue weighted by molar-refractivity contribution is 6.33. The topological polar surface area (TPSA) is 62.5 Å². The SMILES string of the molecule is CCCN(CC(=O)N(C)C(C)C)Cc1nnc(-c2ccccc2Cl)o1. The molecule has 0 radical (unpaired) electrons. The Labute approximate surface area is 153 Å². The predicted molar refractivity (Wildman–Crippen MR) is 98.2 cm³/mol. The van der Waals surface area contributed by atoms with E-state index in [0.717, 1.165) is 13.0 Å². The molecule has 0 saturated heterocycles. The predicted octanol–water partition coefficient (Wildman–Crippen LogP) is 3.47. The smallest absolute Gasteiger partial charge is 0.249 e. The fourth-order valence-corrected chi connectivity index (χ4v) is 2.59. The molecule has 1 aromatic heterocycles. The molecule has 0 aliphatic heterocycles. The van der Waals surface area contributed by atoms with Gasteiger partial charge in [0.05, 0.1) is 23.7 Å². The van der Waals surface area contributed by atoms with Gasteiger partial charge in [-0.2, -0.15) is 0 Å². The van der Waals surface area contributed by atoms with Crippen LogP contribution in [-0.4, -0.2) is 52.1 Å². The van der Waals surface area contributed by atoms with Gasteiger partial charge in [0.2, 0.25) is 17.7 Å². The molecule has 25 heavy (non-hydrogen) atoms. The number of carbonyl (C=O) groups is 1. The lowest BCUT2D eigenvalue weighted by Gasteiger charge is -2.26. The van der Waals surface area contributed by atoms with Crippen LogP contribution < -0.4 is 0 Å². The summed E-state index contributed by atoms with van der Waals surface area (Å²) in [4.78, 5) is 16.1. The third kappa shape index (κ3) is 5.28. The number of hydrogen-bond donors (Lipinski definition) is 0. The molecule has 0 unspecified atom stereocenters. The third-order valence-electron chi connectivity index (χ3n) is 4.00. The summed E-state index contributed by atoms with van der Waals surface area (Å²) in [5.74, 6) is 0.945. The number of likely N-dealkylation sites (N-methyl/N-ethyl adjacent to an activating group) is 1. The molecule has 0 atom stereocenters. The molecule has 0 N–H and O–H groups in total. The Bertz CT molecular complexity index is 702. The number of nitrogens with zero attached hydrogens (tertiary/aromatic N) is 4. The lowest BCUT2D eigenvalue weighted by Crippen LogP contribution is -2.41. The van der Waals surface area contributed by atoms with Crippen molar-refractivity contribution in [2.45, 2.75) is 39.8 Å². The van der Waals surface area contributed by atoms with Crippen molar-refractivity contribution < 1.29 is 9.21 Å². The van der Waals surface area contributed by atoms with E-state index in [1.165, 1.54) is 0 Å². The van der Waals surface area contributed by atoms with Crippen LogP contribution in [0.4, 0.5) is 0 Å². The molecule has 1 heterocycles. The molecule has 0 fully saturated rings. The van der Waals surface area contributed by atoms with Crippen LogP contribution in [0.1, 0.15) is 33.1 Å². The van der Waals surface area contributed by atoms with E-state index in [9.17, 15) is 4.79 Å². The molecule has 7 heteroatoms. The van der Waals surface area contributed by atoms with Crippen LogP contribution in [0.3, 0.4) is 0 Å². The Morgan fingerprint density at radius 1 is 1.28 bits per heavy atom. The van der Waals surface area contributed by atoms with Crippen LogP contribution in [0.25, 0.3) is 11.5 Å². The van der Waals surface area contributed by atoms with Crippen molar-refractivity contribution in [3.05, 3.63) is 35.2 Å². The van der Waals surface area contributed by atoms with E-state index in [1.807, 2.05) is 44.0 Å². The zero-order valence-electron chi connectivity index (χ0n) is 15.2. The summed E-state index contributed by atoms with van der Waals surface area (Å²) in [6, 6.07) is 7.51. The number of carbonyl (C=O) groups excluding carboxylic acids is 1. The van der Waals surface area contributed by atoms with Gasteiger partial charge in [-0.1, -0.05) is 30.7 Å². The first kappa shape index (κ1) is 19.4. The molecular weight excluding hydrogens is 340 g/mol. The largest absolute Gasteiger partial charge is 0.419 e. The van der Waals surface area contributed by atoms with Crippen LogP contribution in [0.2, 0.25) is 5.02 Å². The standard InChI is InChI=1S/C18H25ClN4O2/c1-5-10-23(12-17(24)22(4)13(2)3)11-16-20-21-18(25-16)14-8-6-7-9-15(14)19/h6-9,13H,5,10-12H2,1-4H3. The minimum absolute atomic E-state index is 0.0780. The minimum atomic E-state index is 0.0780. The normalized spacial score (nSPS) is 11.3. The van der Waals surface area contributed by atoms with Crippen molar-refractivity contribution in [1.29, 1.82) is 0 Å². The maximum Gasteiger partial charge on any atom is 0.249 e. The van der Waals surface area contributed by atoms with Crippen molar-refractivity contribution in [3.63, 3.8) is 0 Å². The van der Waals surface area contributed by atoms with Gasteiger partial charge >= 0.3 is 0 Å². The summed E-state index contributed by atoms with van der Waals surface area (Å²) in [7, 11) is 1.82. The molecule has 0 bridgehead atoms. The van der Waals surface area contributed by atoms with Crippen LogP contribution >= 0.6 is 11.6 Å². The zero-order chi connectivity index (χ0) is 18.4. The summed E-state index contributed by atoms with van der Waals surface area (Å²) in [5, 5.41) is 8.75. The van der Waals surface area contributed by atoms with Crippen molar-refractivity contribution >= 4 is 17.5 Å². The van der Waals surface area contributed by atoms with E-state index >= 15 is 0 Å². The Hall–Kier alpha value is -1.92. The molecule has 0 spiro atoms. The summed E-state index contributed by atoms with van der Waals surface area (Å²) in [6.45, 7) is 7.61. The lowest BCUT2D eigenvalue weighted by molar-refractivity contribution is -0.132. The number of aromatic nitrogens is 2. The van der Waals surface area contributed by atoms with Gasteiger partial charge in [0.1, 0.15) is 0 Å². The molecule has 2 aromatic rings. The Morgan fingerprint density at radius 2 is 2.00 bits per heavy atom. The number of halogens is 1. The molecule has 0 aliphatic rings. The number of amides is 1. The van der Waals surface area contributed by atoms with E-state index in [-0.39, 0.29) is 11.9 Å². The van der Waals surface area contributed by atoms with E-state index in [2.05, 4.69) is 17.1 Å². The second-order valence-corrected chi connectivity index (χ2v) is 6.70. The third-order valence-corrected chi connectivity index (χ3v) is 4.33. The van der Waals surface area contributed by atoms with Gasteiger partial charge in [-0.3, -0.25) is 9.69 Å². The minimum Gasteiger partial charge on any atom is -0.419 e. The van der Waals surface area contributed by atoms with E-state index < -0.39 is 0 Å². The second-order valence-electron chi connectivity index (χ2n) is 6.29. The lowest BCUT2D eigenvalue weighted by atomic mass is 10.2. The van der Waals surface area contributed by atoms with Crippen molar-refractivity contribution in [1.82, 2.24) is 20.0 Å². The van der Waals surface area contributed by atoms with Gasteiger partial charge in [-0.25, -0.2) is 0 Å². The van der Waals surface area contributed by atoms with Gasteiger partial charge in [-0.15, -0.1) is 10.2 Å². The van der Waals surface area contributed by atoms with Gasteiger partial charge in [0, 0.05) is 13.1 Å². The molecular formula is C18H25ClN4O2. The quantitative estimate of drug-likeness (QED) is 0.717. The van der Waals surface area contributed by atoms with Gasteiger partial charge < -0.3 is 9.32 Å². The Balaban J connectivity index is 2.07.